The average Bonchev–Trinajstić information content (AvgIpc) is 2.92. The fourth-order valence-corrected chi connectivity index (χ4v) is 13.0. The molecule has 0 bridgehead atoms. The van der Waals surface area contributed by atoms with Crippen LogP contribution in [0.1, 0.15) is 66.5 Å². The fourth-order valence-electron chi connectivity index (χ4n) is 4.54. The van der Waals surface area contributed by atoms with Crippen LogP contribution in [-0.2, 0) is 39.4 Å². The van der Waals surface area contributed by atoms with E-state index in [0.717, 1.165) is 23.2 Å². The van der Waals surface area contributed by atoms with Gasteiger partial charge in [-0.2, -0.15) is 0 Å². The molecule has 0 spiro atoms. The molecule has 0 aliphatic rings. The summed E-state index contributed by atoms with van der Waals surface area (Å²) in [6.45, 7) is 19.6. The first-order valence-electron chi connectivity index (χ1n) is 13.9. The molecule has 0 saturated heterocycles. The maximum atomic E-state index is 6.26. The summed E-state index contributed by atoms with van der Waals surface area (Å²) in [5.41, 5.74) is 2.45. The minimum atomic E-state index is -3.02. The summed E-state index contributed by atoms with van der Waals surface area (Å²) in [6, 6.07) is 12.8. The van der Waals surface area contributed by atoms with E-state index in [9.17, 15) is 0 Å². The molecule has 10 heteroatoms. The summed E-state index contributed by atoms with van der Waals surface area (Å²) in [5, 5.41) is 2.13. The molecule has 0 heterocycles. The van der Waals surface area contributed by atoms with E-state index in [4.69, 9.17) is 26.6 Å². The van der Waals surface area contributed by atoms with Crippen molar-refractivity contribution < 1.29 is 26.6 Å². The first-order chi connectivity index (χ1) is 18.5. The second kappa shape index (κ2) is 17.2. The lowest BCUT2D eigenvalue weighted by molar-refractivity contribution is 0.0849. The van der Waals surface area contributed by atoms with Crippen molar-refractivity contribution in [1.82, 2.24) is 0 Å². The topological polar surface area (TPSA) is 55.4 Å². The lowest BCUT2D eigenvalue weighted by atomic mass is 10.2. The van der Waals surface area contributed by atoms with Crippen molar-refractivity contribution in [2.45, 2.75) is 78.0 Å². The van der Waals surface area contributed by atoms with Crippen LogP contribution in [-0.4, -0.2) is 57.3 Å². The van der Waals surface area contributed by atoms with Crippen LogP contribution in [0.4, 0.5) is 0 Å². The monoisotopic (exact) mass is 598 g/mol. The van der Waals surface area contributed by atoms with E-state index in [1.165, 1.54) is 20.9 Å². The summed E-state index contributed by atoms with van der Waals surface area (Å²) in [6.07, 6.45) is 1.72. The third-order valence-electron chi connectivity index (χ3n) is 5.86. The molecule has 0 saturated carbocycles. The minimum Gasteiger partial charge on any atom is -0.370 e. The van der Waals surface area contributed by atoms with Crippen molar-refractivity contribution in [3.05, 3.63) is 47.5 Å². The van der Waals surface area contributed by atoms with Crippen LogP contribution in [0.15, 0.2) is 46.2 Å². The minimum absolute atomic E-state index is 0.541. The van der Waals surface area contributed by atoms with Gasteiger partial charge in [0.25, 0.3) is 0 Å². The van der Waals surface area contributed by atoms with Gasteiger partial charge in [0.1, 0.15) is 0 Å². The third kappa shape index (κ3) is 7.96. The molecular formula is C28H46O6S2Si2. The Morgan fingerprint density at radius 1 is 0.474 bits per heavy atom. The zero-order chi connectivity index (χ0) is 28.0. The third-order valence-corrected chi connectivity index (χ3v) is 14.7. The van der Waals surface area contributed by atoms with Crippen molar-refractivity contribution in [1.29, 1.82) is 0 Å². The van der Waals surface area contributed by atoms with Crippen LogP contribution in [0.2, 0.25) is 0 Å². The van der Waals surface area contributed by atoms with Gasteiger partial charge in [0.2, 0.25) is 0 Å². The Morgan fingerprint density at radius 2 is 0.763 bits per heavy atom. The molecule has 2 aromatic rings. The SMILES string of the molecule is CCO[Si](OCC)(OCC)c1cccc(SSc2cccc([Si](OCC)(OCC)OCC)c2CC)c1CC. The summed E-state index contributed by atoms with van der Waals surface area (Å²) >= 11 is 0. The van der Waals surface area contributed by atoms with E-state index >= 15 is 0 Å². The van der Waals surface area contributed by atoms with E-state index < -0.39 is 17.6 Å². The molecular weight excluding hydrogens is 553 g/mol. The number of rotatable bonds is 19. The summed E-state index contributed by atoms with van der Waals surface area (Å²) in [7, 11) is -2.52. The molecule has 0 aliphatic heterocycles. The number of hydrogen-bond acceptors (Lipinski definition) is 8. The van der Waals surface area contributed by atoms with Gasteiger partial charge in [0.05, 0.1) is 0 Å². The molecule has 214 valence electrons. The summed E-state index contributed by atoms with van der Waals surface area (Å²) in [4.78, 5) is 2.39. The number of hydrogen-bond donors (Lipinski definition) is 0. The second-order valence-corrected chi connectivity index (χ2v) is 15.4. The molecule has 38 heavy (non-hydrogen) atoms. The van der Waals surface area contributed by atoms with Crippen LogP contribution in [0.25, 0.3) is 0 Å². The molecule has 0 fully saturated rings. The first-order valence-corrected chi connectivity index (χ1v) is 19.5. The van der Waals surface area contributed by atoms with Gasteiger partial charge in [-0.1, -0.05) is 59.7 Å². The van der Waals surface area contributed by atoms with E-state index in [2.05, 4.69) is 50.2 Å². The van der Waals surface area contributed by atoms with Crippen LogP contribution in [0.3, 0.4) is 0 Å². The molecule has 0 aromatic heterocycles. The molecule has 2 aromatic carbocycles. The molecule has 0 N–H and O–H groups in total. The maximum Gasteiger partial charge on any atom is 0.537 e. The molecule has 2 rings (SSSR count). The largest absolute Gasteiger partial charge is 0.537 e. The van der Waals surface area contributed by atoms with Gasteiger partial charge in [-0.3, -0.25) is 0 Å². The highest BCUT2D eigenvalue weighted by atomic mass is 33.1. The lowest BCUT2D eigenvalue weighted by Gasteiger charge is -2.31. The van der Waals surface area contributed by atoms with Crippen LogP contribution in [0.5, 0.6) is 0 Å². The zero-order valence-corrected chi connectivity index (χ0v) is 28.0. The van der Waals surface area contributed by atoms with Crippen LogP contribution < -0.4 is 10.4 Å². The van der Waals surface area contributed by atoms with Crippen molar-refractivity contribution >= 4 is 49.6 Å². The Kier molecular flexibility index (Phi) is 15.2. The van der Waals surface area contributed by atoms with Crippen molar-refractivity contribution in [2.75, 3.05) is 39.6 Å². The normalized spacial score (nSPS) is 12.3. The van der Waals surface area contributed by atoms with Gasteiger partial charge in [0.15, 0.2) is 0 Å². The quantitative estimate of drug-likeness (QED) is 0.142. The van der Waals surface area contributed by atoms with Crippen molar-refractivity contribution in [3.8, 4) is 0 Å². The molecule has 0 radical (unpaired) electrons. The van der Waals surface area contributed by atoms with Gasteiger partial charge >= 0.3 is 17.6 Å². The molecule has 6 nitrogen and oxygen atoms in total. The van der Waals surface area contributed by atoms with E-state index in [1.54, 1.807) is 21.6 Å². The standard InChI is InChI=1S/C28H46O6S2Si2/c1-9-23-25(19-17-21-27(23)37(29-11-3,30-12-4)31-13-5)35-36-26-20-18-22-28(24(26)10-2)38(32-14-6,33-15-7)34-16-8/h17-22H,9-16H2,1-8H3. The van der Waals surface area contributed by atoms with Gasteiger partial charge in [0, 0.05) is 59.8 Å². The highest BCUT2D eigenvalue weighted by Crippen LogP contribution is 2.41. The maximum absolute atomic E-state index is 6.26. The Hall–Kier alpha value is -0.666. The molecule has 0 atom stereocenters. The average molecular weight is 599 g/mol. The summed E-state index contributed by atoms with van der Waals surface area (Å²) in [5.74, 6) is 0. The Morgan fingerprint density at radius 3 is 1.00 bits per heavy atom. The Bertz CT molecular complexity index is 867. The highest BCUT2D eigenvalue weighted by molar-refractivity contribution is 8.76. The zero-order valence-electron chi connectivity index (χ0n) is 24.4. The second-order valence-electron chi connectivity index (χ2n) is 8.15. The van der Waals surface area contributed by atoms with Gasteiger partial charge in [-0.15, -0.1) is 0 Å². The first kappa shape index (κ1) is 33.5. The molecule has 0 aliphatic carbocycles. The van der Waals surface area contributed by atoms with E-state index in [0.29, 0.717) is 39.6 Å². The predicted molar refractivity (Wildman–Crippen MR) is 164 cm³/mol. The fraction of sp³-hybridized carbons (Fsp3) is 0.571. The van der Waals surface area contributed by atoms with Gasteiger partial charge < -0.3 is 26.6 Å². The highest BCUT2D eigenvalue weighted by Gasteiger charge is 2.46. The van der Waals surface area contributed by atoms with Crippen molar-refractivity contribution in [2.24, 2.45) is 0 Å². The number of benzene rings is 2. The molecule has 0 amide bonds. The van der Waals surface area contributed by atoms with E-state index in [-0.39, 0.29) is 0 Å². The predicted octanol–water partition coefficient (Wildman–Crippen LogP) is 6.12. The van der Waals surface area contributed by atoms with Crippen LogP contribution >= 0.6 is 21.6 Å². The molecule has 0 unspecified atom stereocenters. The van der Waals surface area contributed by atoms with E-state index in [1.807, 2.05) is 41.5 Å². The smallest absolute Gasteiger partial charge is 0.370 e. The van der Waals surface area contributed by atoms with Crippen LogP contribution in [0, 0.1) is 0 Å². The van der Waals surface area contributed by atoms with Gasteiger partial charge in [-0.25, -0.2) is 0 Å². The Labute approximate surface area is 240 Å². The summed E-state index contributed by atoms with van der Waals surface area (Å²) < 4.78 is 37.5. The Balaban J connectivity index is 2.52. The van der Waals surface area contributed by atoms with Crippen molar-refractivity contribution in [3.63, 3.8) is 0 Å². The lowest BCUT2D eigenvalue weighted by Crippen LogP contribution is -2.58. The van der Waals surface area contributed by atoms with Gasteiger partial charge in [-0.05, 0) is 77.6 Å².